The second-order valence-electron chi connectivity index (χ2n) is 10.1. The van der Waals surface area contributed by atoms with Crippen molar-refractivity contribution in [1.82, 2.24) is 9.80 Å². The van der Waals surface area contributed by atoms with Crippen LogP contribution >= 0.6 is 0 Å². The van der Waals surface area contributed by atoms with Crippen LogP contribution in [0.2, 0.25) is 0 Å². The first-order chi connectivity index (χ1) is 19.2. The Morgan fingerprint density at radius 1 is 0.975 bits per heavy atom. The maximum atomic E-state index is 13.3. The molecule has 1 amide bonds. The third-order valence-electron chi connectivity index (χ3n) is 6.81. The summed E-state index contributed by atoms with van der Waals surface area (Å²) < 4.78 is 10.7. The van der Waals surface area contributed by atoms with Gasteiger partial charge in [-0.25, -0.2) is 4.79 Å². The van der Waals surface area contributed by atoms with Crippen LogP contribution in [-0.4, -0.2) is 66.9 Å². The molecule has 1 heterocycles. The molecule has 0 radical (unpaired) electrons. The third kappa shape index (κ3) is 6.40. The van der Waals surface area contributed by atoms with Crippen molar-refractivity contribution in [2.24, 2.45) is 0 Å². The van der Waals surface area contributed by atoms with E-state index in [0.717, 1.165) is 17.7 Å². The number of aliphatic hydroxyl groups excluding tert-OH is 1. The van der Waals surface area contributed by atoms with Crippen LogP contribution in [0, 0.1) is 6.92 Å². The smallest absolute Gasteiger partial charge is 0.337 e. The lowest BCUT2D eigenvalue weighted by Crippen LogP contribution is -2.32. The van der Waals surface area contributed by atoms with E-state index < -0.39 is 23.7 Å². The molecule has 0 saturated carbocycles. The summed E-state index contributed by atoms with van der Waals surface area (Å²) in [5.74, 6) is -1.56. The van der Waals surface area contributed by atoms with E-state index in [1.807, 2.05) is 44.1 Å². The van der Waals surface area contributed by atoms with E-state index in [1.165, 1.54) is 12.0 Å². The van der Waals surface area contributed by atoms with Gasteiger partial charge < -0.3 is 24.4 Å². The minimum absolute atomic E-state index is 0.00843. The second-order valence-corrected chi connectivity index (χ2v) is 10.1. The summed E-state index contributed by atoms with van der Waals surface area (Å²) in [5.41, 5.74) is 3.54. The van der Waals surface area contributed by atoms with Crippen LogP contribution in [0.1, 0.15) is 45.1 Å². The summed E-state index contributed by atoms with van der Waals surface area (Å²) in [6, 6.07) is 20.5. The third-order valence-corrected chi connectivity index (χ3v) is 6.81. The molecule has 0 aliphatic carbocycles. The van der Waals surface area contributed by atoms with Crippen LogP contribution in [0.25, 0.3) is 5.76 Å². The molecule has 3 aromatic rings. The highest BCUT2D eigenvalue weighted by Crippen LogP contribution is 2.39. The summed E-state index contributed by atoms with van der Waals surface area (Å²) in [4.78, 5) is 41.9. The lowest BCUT2D eigenvalue weighted by molar-refractivity contribution is -0.139. The van der Waals surface area contributed by atoms with Crippen molar-refractivity contribution < 1.29 is 29.0 Å². The average Bonchev–Trinajstić information content (AvgIpc) is 3.20. The first-order valence-corrected chi connectivity index (χ1v) is 13.1. The summed E-state index contributed by atoms with van der Waals surface area (Å²) in [5, 5.41) is 11.3. The number of rotatable bonds is 10. The number of benzene rings is 3. The van der Waals surface area contributed by atoms with Gasteiger partial charge in [-0.1, -0.05) is 42.0 Å². The van der Waals surface area contributed by atoms with Crippen molar-refractivity contribution in [2.45, 2.75) is 26.0 Å². The van der Waals surface area contributed by atoms with Gasteiger partial charge in [0.15, 0.2) is 0 Å². The Morgan fingerprint density at radius 3 is 2.27 bits per heavy atom. The average molecular weight is 543 g/mol. The van der Waals surface area contributed by atoms with E-state index in [-0.39, 0.29) is 11.3 Å². The number of aliphatic hydroxyl groups is 1. The zero-order chi connectivity index (χ0) is 28.8. The molecule has 0 spiro atoms. The lowest BCUT2D eigenvalue weighted by Gasteiger charge is -2.26. The Labute approximate surface area is 234 Å². The predicted molar refractivity (Wildman–Crippen MR) is 152 cm³/mol. The molecule has 1 aliphatic rings. The van der Waals surface area contributed by atoms with Gasteiger partial charge in [0, 0.05) is 12.1 Å². The van der Waals surface area contributed by atoms with Gasteiger partial charge in [0.05, 0.1) is 24.3 Å². The molecule has 0 unspecified atom stereocenters. The molecule has 1 fully saturated rings. The van der Waals surface area contributed by atoms with Gasteiger partial charge in [-0.05, 0) is 81.5 Å². The molecule has 8 nitrogen and oxygen atoms in total. The molecule has 0 aromatic heterocycles. The van der Waals surface area contributed by atoms with Crippen LogP contribution in [-0.2, 0) is 20.9 Å². The number of methoxy groups -OCH3 is 1. The fourth-order valence-corrected chi connectivity index (χ4v) is 4.77. The molecule has 1 atom stereocenters. The fourth-order valence-electron chi connectivity index (χ4n) is 4.77. The summed E-state index contributed by atoms with van der Waals surface area (Å²) in [6.07, 6.45) is 0.643. The first-order valence-electron chi connectivity index (χ1n) is 13.1. The van der Waals surface area contributed by atoms with Crippen molar-refractivity contribution >= 4 is 23.4 Å². The number of amides is 1. The number of likely N-dealkylation sites (tertiary alicyclic amines) is 1. The van der Waals surface area contributed by atoms with E-state index in [0.29, 0.717) is 42.0 Å². The van der Waals surface area contributed by atoms with E-state index in [1.54, 1.807) is 48.5 Å². The number of hydrogen-bond acceptors (Lipinski definition) is 7. The molecule has 8 heteroatoms. The Balaban J connectivity index is 1.64. The van der Waals surface area contributed by atoms with Gasteiger partial charge in [0.2, 0.25) is 0 Å². The zero-order valence-corrected chi connectivity index (χ0v) is 23.2. The number of ketones is 1. The van der Waals surface area contributed by atoms with Crippen molar-refractivity contribution in [3.05, 3.63) is 106 Å². The molecule has 1 N–H and O–H groups in total. The lowest BCUT2D eigenvalue weighted by atomic mass is 9.94. The summed E-state index contributed by atoms with van der Waals surface area (Å²) >= 11 is 0. The fraction of sp³-hybridized carbons (Fsp3) is 0.281. The van der Waals surface area contributed by atoms with Gasteiger partial charge in [0.25, 0.3) is 11.7 Å². The van der Waals surface area contributed by atoms with Gasteiger partial charge >= 0.3 is 5.97 Å². The number of aryl methyl sites for hydroxylation is 1. The van der Waals surface area contributed by atoms with Crippen molar-refractivity contribution in [3.8, 4) is 5.75 Å². The number of ether oxygens (including phenoxy) is 2. The molecule has 208 valence electrons. The minimum Gasteiger partial charge on any atom is -0.507 e. The Hall–Kier alpha value is -4.43. The number of carbonyl (C=O) groups is 3. The second kappa shape index (κ2) is 12.6. The van der Waals surface area contributed by atoms with Crippen LogP contribution in [0.15, 0.2) is 78.4 Å². The molecule has 1 saturated heterocycles. The number of hydrogen-bond donors (Lipinski definition) is 1. The molecule has 40 heavy (non-hydrogen) atoms. The standard InChI is InChI=1S/C32H34N2O6/c1-21-7-5-8-22(19-21)20-40-26-15-13-24(14-16-26)29(35)27-28(23-9-11-25(12-10-23)32(38)39-4)34(31(37)30(27)36)18-6-17-33(2)3/h5,7-16,19,28,35H,6,17-18,20H2,1-4H3/b29-27+/t28-/m0/s1. The quantitative estimate of drug-likeness (QED) is 0.171. The topological polar surface area (TPSA) is 96.4 Å². The molecule has 4 rings (SSSR count). The molecule has 1 aliphatic heterocycles. The van der Waals surface area contributed by atoms with Gasteiger partial charge in [-0.3, -0.25) is 9.59 Å². The van der Waals surface area contributed by atoms with Crippen LogP contribution < -0.4 is 4.74 Å². The first kappa shape index (κ1) is 28.6. The monoisotopic (exact) mass is 542 g/mol. The van der Waals surface area contributed by atoms with Crippen LogP contribution in [0.5, 0.6) is 5.75 Å². The SMILES string of the molecule is COC(=O)c1ccc([C@H]2/C(=C(\O)c3ccc(OCc4cccc(C)c4)cc3)C(=O)C(=O)N2CCCN(C)C)cc1. The highest BCUT2D eigenvalue weighted by molar-refractivity contribution is 6.46. The molecule has 3 aromatic carbocycles. The predicted octanol–water partition coefficient (Wildman–Crippen LogP) is 4.73. The van der Waals surface area contributed by atoms with Crippen molar-refractivity contribution in [3.63, 3.8) is 0 Å². The minimum atomic E-state index is -0.800. The Kier molecular flexibility index (Phi) is 9.01. The van der Waals surface area contributed by atoms with E-state index in [2.05, 4.69) is 6.07 Å². The van der Waals surface area contributed by atoms with Crippen LogP contribution in [0.3, 0.4) is 0 Å². The molecular weight excluding hydrogens is 508 g/mol. The summed E-state index contributed by atoms with van der Waals surface area (Å²) in [6.45, 7) is 3.47. The number of esters is 1. The highest BCUT2D eigenvalue weighted by Gasteiger charge is 2.45. The van der Waals surface area contributed by atoms with Gasteiger partial charge in [-0.15, -0.1) is 0 Å². The number of carbonyl (C=O) groups excluding carboxylic acids is 3. The largest absolute Gasteiger partial charge is 0.507 e. The van der Waals surface area contributed by atoms with E-state index in [4.69, 9.17) is 9.47 Å². The number of Topliss-reactive ketones (excluding diaryl/α,β-unsaturated/α-hetero) is 1. The van der Waals surface area contributed by atoms with E-state index in [9.17, 15) is 19.5 Å². The van der Waals surface area contributed by atoms with Gasteiger partial charge in [-0.2, -0.15) is 0 Å². The van der Waals surface area contributed by atoms with E-state index >= 15 is 0 Å². The Morgan fingerprint density at radius 2 is 1.65 bits per heavy atom. The number of nitrogens with zero attached hydrogens (tertiary/aromatic N) is 2. The van der Waals surface area contributed by atoms with Crippen molar-refractivity contribution in [1.29, 1.82) is 0 Å². The maximum absolute atomic E-state index is 13.3. The summed E-state index contributed by atoms with van der Waals surface area (Å²) in [7, 11) is 5.17. The van der Waals surface area contributed by atoms with Gasteiger partial charge in [0.1, 0.15) is 18.1 Å². The maximum Gasteiger partial charge on any atom is 0.337 e. The zero-order valence-electron chi connectivity index (χ0n) is 23.2. The highest BCUT2D eigenvalue weighted by atomic mass is 16.5. The Bertz CT molecular complexity index is 1410. The molecular formula is C32H34N2O6. The van der Waals surface area contributed by atoms with Crippen molar-refractivity contribution in [2.75, 3.05) is 34.3 Å². The van der Waals surface area contributed by atoms with Crippen LogP contribution in [0.4, 0.5) is 0 Å². The molecule has 0 bridgehead atoms. The normalized spacial score (nSPS) is 16.4.